The first-order valence-electron chi connectivity index (χ1n) is 10.3. The summed E-state index contributed by atoms with van der Waals surface area (Å²) >= 11 is 6.39. The molecule has 178 valence electrons. The zero-order chi connectivity index (χ0) is 25.1. The van der Waals surface area contributed by atoms with E-state index in [1.54, 1.807) is 37.3 Å². The molecule has 0 N–H and O–H groups in total. The van der Waals surface area contributed by atoms with Crippen LogP contribution in [0.2, 0.25) is 5.02 Å². The highest BCUT2D eigenvalue weighted by atomic mass is 35.5. The van der Waals surface area contributed by atoms with E-state index in [-0.39, 0.29) is 40.4 Å². The fraction of sp³-hybridized carbons (Fsp3) is 0.120. The van der Waals surface area contributed by atoms with Crippen LogP contribution in [0.5, 0.6) is 11.5 Å². The zero-order valence-corrected chi connectivity index (χ0v) is 19.3. The van der Waals surface area contributed by atoms with Crippen molar-refractivity contribution in [3.63, 3.8) is 0 Å². The van der Waals surface area contributed by atoms with Crippen molar-refractivity contribution in [2.75, 3.05) is 7.11 Å². The summed E-state index contributed by atoms with van der Waals surface area (Å²) < 4.78 is 30.2. The Bertz CT molecular complexity index is 1400. The highest BCUT2D eigenvalue weighted by Crippen LogP contribution is 2.38. The largest absolute Gasteiger partial charge is 0.493 e. The molecule has 3 aromatic rings. The Morgan fingerprint density at radius 2 is 1.97 bits per heavy atom. The van der Waals surface area contributed by atoms with Crippen molar-refractivity contribution >= 4 is 35.2 Å². The van der Waals surface area contributed by atoms with Crippen molar-refractivity contribution < 1.29 is 28.3 Å². The number of ether oxygens (including phenoxy) is 3. The fourth-order valence-electron chi connectivity index (χ4n) is 3.41. The monoisotopic (exact) mass is 496 g/mol. The van der Waals surface area contributed by atoms with Crippen LogP contribution in [0.15, 0.2) is 65.3 Å². The van der Waals surface area contributed by atoms with E-state index in [0.717, 1.165) is 0 Å². The molecular formula is C25H18ClFN2O6. The average molecular weight is 497 g/mol. The quantitative estimate of drug-likeness (QED) is 0.182. The summed E-state index contributed by atoms with van der Waals surface area (Å²) in [4.78, 5) is 27.1. The lowest BCUT2D eigenvalue weighted by molar-refractivity contribution is -0.385. The number of nitro groups is 1. The molecule has 0 unspecified atom stereocenters. The summed E-state index contributed by atoms with van der Waals surface area (Å²) in [5.41, 5.74) is 1.64. The van der Waals surface area contributed by atoms with Crippen LogP contribution >= 0.6 is 11.6 Å². The lowest BCUT2D eigenvalue weighted by Gasteiger charge is -2.13. The number of carbonyl (C=O) groups is 1. The number of benzene rings is 3. The Morgan fingerprint density at radius 3 is 2.66 bits per heavy atom. The molecule has 4 rings (SSSR count). The van der Waals surface area contributed by atoms with Gasteiger partial charge in [-0.3, -0.25) is 10.1 Å². The molecule has 0 aromatic heterocycles. The van der Waals surface area contributed by atoms with Crippen molar-refractivity contribution in [3.05, 3.63) is 104 Å². The molecule has 1 heterocycles. The first kappa shape index (κ1) is 23.9. The minimum absolute atomic E-state index is 0.00847. The number of carbonyl (C=O) groups excluding carboxylic acids is 1. The molecular weight excluding hydrogens is 479 g/mol. The molecule has 0 bridgehead atoms. The number of aryl methyl sites for hydroxylation is 1. The number of nitro benzene ring substituents is 1. The first-order chi connectivity index (χ1) is 16.8. The lowest BCUT2D eigenvalue weighted by Crippen LogP contribution is -2.06. The highest BCUT2D eigenvalue weighted by Gasteiger charge is 2.26. The van der Waals surface area contributed by atoms with E-state index in [4.69, 9.17) is 25.8 Å². The minimum atomic E-state index is -0.689. The Morgan fingerprint density at radius 1 is 1.20 bits per heavy atom. The zero-order valence-electron chi connectivity index (χ0n) is 18.6. The molecule has 35 heavy (non-hydrogen) atoms. The molecule has 0 saturated carbocycles. The molecule has 0 radical (unpaired) electrons. The third-order valence-corrected chi connectivity index (χ3v) is 5.43. The summed E-state index contributed by atoms with van der Waals surface area (Å²) in [5.74, 6) is -0.560. The summed E-state index contributed by atoms with van der Waals surface area (Å²) in [5, 5.41) is 11.2. The SMILES string of the molecule is COc1cc(/C=C2\N=C(c3ccc([N+](=O)[O-])c(C)c3)OC2=O)cc(Cl)c1OCc1ccccc1F. The summed E-state index contributed by atoms with van der Waals surface area (Å²) in [6.07, 6.45) is 1.46. The van der Waals surface area contributed by atoms with E-state index < -0.39 is 16.7 Å². The van der Waals surface area contributed by atoms with Gasteiger partial charge in [0.25, 0.3) is 5.69 Å². The van der Waals surface area contributed by atoms with Gasteiger partial charge in [-0.15, -0.1) is 0 Å². The number of cyclic esters (lactones) is 1. The number of halogens is 2. The lowest BCUT2D eigenvalue weighted by atomic mass is 10.1. The van der Waals surface area contributed by atoms with Gasteiger partial charge >= 0.3 is 5.97 Å². The molecule has 0 amide bonds. The van der Waals surface area contributed by atoms with Gasteiger partial charge < -0.3 is 14.2 Å². The molecule has 10 heteroatoms. The van der Waals surface area contributed by atoms with Crippen molar-refractivity contribution in [3.8, 4) is 11.5 Å². The molecule has 3 aromatic carbocycles. The number of aliphatic imine (C=N–C) groups is 1. The number of esters is 1. The van der Waals surface area contributed by atoms with Crippen molar-refractivity contribution in [2.45, 2.75) is 13.5 Å². The van der Waals surface area contributed by atoms with Gasteiger partial charge in [0, 0.05) is 22.8 Å². The normalized spacial score (nSPS) is 14.0. The van der Waals surface area contributed by atoms with Gasteiger partial charge in [-0.25, -0.2) is 14.2 Å². The number of methoxy groups -OCH3 is 1. The molecule has 0 spiro atoms. The van der Waals surface area contributed by atoms with Crippen LogP contribution in [0.25, 0.3) is 6.08 Å². The van der Waals surface area contributed by atoms with Crippen LogP contribution < -0.4 is 9.47 Å². The smallest absolute Gasteiger partial charge is 0.363 e. The molecule has 0 aliphatic carbocycles. The van der Waals surface area contributed by atoms with Gasteiger partial charge in [-0.2, -0.15) is 0 Å². The molecule has 1 aliphatic heterocycles. The number of hydrogen-bond acceptors (Lipinski definition) is 7. The van der Waals surface area contributed by atoms with E-state index in [0.29, 0.717) is 22.3 Å². The average Bonchev–Trinajstić information content (AvgIpc) is 3.18. The van der Waals surface area contributed by atoms with Gasteiger partial charge in [-0.05, 0) is 48.9 Å². The van der Waals surface area contributed by atoms with Crippen LogP contribution in [0, 0.1) is 22.9 Å². The van der Waals surface area contributed by atoms with E-state index in [2.05, 4.69) is 4.99 Å². The summed E-state index contributed by atoms with van der Waals surface area (Å²) in [7, 11) is 1.43. The van der Waals surface area contributed by atoms with Crippen LogP contribution in [0.4, 0.5) is 10.1 Å². The second kappa shape index (κ2) is 9.94. The van der Waals surface area contributed by atoms with E-state index >= 15 is 0 Å². The van der Waals surface area contributed by atoms with Crippen LogP contribution in [-0.2, 0) is 16.1 Å². The number of hydrogen-bond donors (Lipinski definition) is 0. The Labute approximate surface area is 204 Å². The van der Waals surface area contributed by atoms with Crippen LogP contribution in [0.3, 0.4) is 0 Å². The Kier molecular flexibility index (Phi) is 6.79. The maximum atomic E-state index is 13.9. The predicted octanol–water partition coefficient (Wildman–Crippen LogP) is 5.63. The van der Waals surface area contributed by atoms with Gasteiger partial charge in [-0.1, -0.05) is 29.8 Å². The molecule has 0 atom stereocenters. The van der Waals surface area contributed by atoms with Crippen LogP contribution in [-0.4, -0.2) is 23.9 Å². The maximum Gasteiger partial charge on any atom is 0.363 e. The molecule has 8 nitrogen and oxygen atoms in total. The predicted molar refractivity (Wildman–Crippen MR) is 127 cm³/mol. The molecule has 0 saturated heterocycles. The van der Waals surface area contributed by atoms with E-state index in [1.165, 1.54) is 37.5 Å². The van der Waals surface area contributed by atoms with Gasteiger partial charge in [0.15, 0.2) is 17.2 Å². The standard InChI is InChI=1S/C25H18ClFN2O6/c1-14-9-16(7-8-21(14)29(31)32)24-28-20(25(30)35-24)11-15-10-18(26)23(22(12-15)33-2)34-13-17-5-3-4-6-19(17)27/h3-12H,13H2,1-2H3/b20-11-. The Hall–Kier alpha value is -4.24. The van der Waals surface area contributed by atoms with Crippen molar-refractivity contribution in [2.24, 2.45) is 4.99 Å². The summed E-state index contributed by atoms with van der Waals surface area (Å²) in [6, 6.07) is 13.7. The first-order valence-corrected chi connectivity index (χ1v) is 10.7. The number of nitrogens with zero attached hydrogens (tertiary/aromatic N) is 2. The van der Waals surface area contributed by atoms with Gasteiger partial charge in [0.05, 0.1) is 17.1 Å². The summed E-state index contributed by atoms with van der Waals surface area (Å²) in [6.45, 7) is 1.53. The fourth-order valence-corrected chi connectivity index (χ4v) is 3.69. The van der Waals surface area contributed by atoms with Gasteiger partial charge in [0.2, 0.25) is 5.90 Å². The maximum absolute atomic E-state index is 13.9. The second-order valence-electron chi connectivity index (χ2n) is 7.51. The van der Waals surface area contributed by atoms with E-state index in [9.17, 15) is 19.3 Å². The number of rotatable bonds is 7. The second-order valence-corrected chi connectivity index (χ2v) is 7.92. The van der Waals surface area contributed by atoms with E-state index in [1.807, 2.05) is 0 Å². The van der Waals surface area contributed by atoms with Gasteiger partial charge in [0.1, 0.15) is 12.4 Å². The van der Waals surface area contributed by atoms with Crippen LogP contribution in [0.1, 0.15) is 22.3 Å². The molecule has 1 aliphatic rings. The third-order valence-electron chi connectivity index (χ3n) is 5.15. The minimum Gasteiger partial charge on any atom is -0.493 e. The topological polar surface area (TPSA) is 100 Å². The Balaban J connectivity index is 1.60. The van der Waals surface area contributed by atoms with Crippen molar-refractivity contribution in [1.29, 1.82) is 0 Å². The molecule has 0 fully saturated rings. The van der Waals surface area contributed by atoms with Crippen molar-refractivity contribution in [1.82, 2.24) is 0 Å². The highest BCUT2D eigenvalue weighted by molar-refractivity contribution is 6.32. The third kappa shape index (κ3) is 5.15.